The molecule has 1 heterocycles. The largest absolute Gasteiger partial charge is 0.378 e. The molecule has 0 fully saturated rings. The van der Waals surface area contributed by atoms with Crippen molar-refractivity contribution in [1.29, 1.82) is 0 Å². The third-order valence-corrected chi connectivity index (χ3v) is 6.04. The lowest BCUT2D eigenvalue weighted by atomic mass is 10.2. The van der Waals surface area contributed by atoms with Crippen LogP contribution in [0.4, 0.5) is 21.5 Å². The summed E-state index contributed by atoms with van der Waals surface area (Å²) in [6.45, 7) is 1.58. The molecule has 148 valence electrons. The first-order chi connectivity index (χ1) is 12.5. The van der Waals surface area contributed by atoms with E-state index in [1.807, 2.05) is 7.05 Å². The fourth-order valence-electron chi connectivity index (χ4n) is 2.75. The molecule has 27 heavy (non-hydrogen) atoms. The molecular formula is C17H20Cl2FN3O3S. The number of nitrogens with one attached hydrogen (secondary N) is 1. The Labute approximate surface area is 169 Å². The number of benzene rings is 2. The van der Waals surface area contributed by atoms with E-state index in [2.05, 4.69) is 5.32 Å². The van der Waals surface area contributed by atoms with Crippen LogP contribution in [0.5, 0.6) is 0 Å². The highest BCUT2D eigenvalue weighted by molar-refractivity contribution is 7.95. The van der Waals surface area contributed by atoms with Crippen LogP contribution in [0.15, 0.2) is 42.5 Å². The van der Waals surface area contributed by atoms with E-state index in [0.29, 0.717) is 24.5 Å². The van der Waals surface area contributed by atoms with Gasteiger partial charge in [0.25, 0.3) is 0 Å². The summed E-state index contributed by atoms with van der Waals surface area (Å²) in [4.78, 5) is 0. The van der Waals surface area contributed by atoms with Crippen molar-refractivity contribution in [3.05, 3.63) is 53.3 Å². The van der Waals surface area contributed by atoms with Crippen molar-refractivity contribution < 1.29 is 17.5 Å². The van der Waals surface area contributed by atoms with Crippen LogP contribution in [0.1, 0.15) is 0 Å². The average molecular weight is 436 g/mol. The van der Waals surface area contributed by atoms with E-state index < -0.39 is 16.0 Å². The van der Waals surface area contributed by atoms with Gasteiger partial charge in [0, 0.05) is 6.54 Å². The third kappa shape index (κ3) is 4.30. The molecule has 0 unspecified atom stereocenters. The summed E-state index contributed by atoms with van der Waals surface area (Å²) in [6.07, 6.45) is 0. The number of ether oxygens (including phenoxy) is 1. The zero-order chi connectivity index (χ0) is 18.7. The van der Waals surface area contributed by atoms with Crippen molar-refractivity contribution in [2.75, 3.05) is 42.0 Å². The zero-order valence-corrected chi connectivity index (χ0v) is 17.0. The predicted octanol–water partition coefficient (Wildman–Crippen LogP) is 3.34. The Morgan fingerprint density at radius 3 is 2.48 bits per heavy atom. The van der Waals surface area contributed by atoms with Crippen LogP contribution in [0.25, 0.3) is 0 Å². The highest BCUT2D eigenvalue weighted by Gasteiger charge is 2.41. The van der Waals surface area contributed by atoms with Crippen LogP contribution >= 0.6 is 24.0 Å². The molecule has 10 heteroatoms. The summed E-state index contributed by atoms with van der Waals surface area (Å²) in [5.74, 6) is -0.529. The van der Waals surface area contributed by atoms with Crippen molar-refractivity contribution >= 4 is 51.3 Å². The second-order valence-electron chi connectivity index (χ2n) is 5.64. The molecular weight excluding hydrogens is 416 g/mol. The molecule has 0 saturated carbocycles. The molecule has 1 aliphatic heterocycles. The van der Waals surface area contributed by atoms with Gasteiger partial charge in [0.1, 0.15) is 5.82 Å². The van der Waals surface area contributed by atoms with Crippen molar-refractivity contribution in [3.63, 3.8) is 0 Å². The minimum atomic E-state index is -3.90. The minimum Gasteiger partial charge on any atom is -0.378 e. The summed E-state index contributed by atoms with van der Waals surface area (Å²) in [5, 5.41) is 2.98. The first kappa shape index (κ1) is 21.7. The van der Waals surface area contributed by atoms with E-state index in [4.69, 9.17) is 16.3 Å². The number of hydrogen-bond donors (Lipinski definition) is 1. The summed E-state index contributed by atoms with van der Waals surface area (Å²) in [5.41, 5.74) is 1.21. The maximum atomic E-state index is 13.4. The number of nitrogens with zero attached hydrogens (tertiary/aromatic N) is 2. The number of likely N-dealkylation sites (N-methyl/N-ethyl adjacent to an activating group) is 1. The Hall–Kier alpha value is -1.58. The summed E-state index contributed by atoms with van der Waals surface area (Å²) in [6, 6.07) is 10.6. The Morgan fingerprint density at radius 2 is 1.81 bits per heavy atom. The Balaban J connectivity index is 0.00000261. The molecule has 2 aromatic carbocycles. The lowest BCUT2D eigenvalue weighted by Crippen LogP contribution is -2.37. The lowest BCUT2D eigenvalue weighted by Gasteiger charge is -2.22. The Kier molecular flexibility index (Phi) is 7.30. The lowest BCUT2D eigenvalue weighted by molar-refractivity contribution is 0.145. The first-order valence-corrected chi connectivity index (χ1v) is 9.83. The number of hydrogen-bond acceptors (Lipinski definition) is 4. The monoisotopic (exact) mass is 435 g/mol. The molecule has 1 N–H and O–H groups in total. The second-order valence-corrected chi connectivity index (χ2v) is 7.75. The predicted molar refractivity (Wildman–Crippen MR) is 108 cm³/mol. The maximum absolute atomic E-state index is 13.4. The van der Waals surface area contributed by atoms with Crippen LogP contribution in [0, 0.1) is 5.82 Å². The molecule has 0 aromatic heterocycles. The van der Waals surface area contributed by atoms with E-state index in [9.17, 15) is 12.8 Å². The quantitative estimate of drug-likeness (QED) is 0.677. The summed E-state index contributed by atoms with van der Waals surface area (Å²) in [7, 11) is -2.09. The minimum absolute atomic E-state index is 0. The number of rotatable bonds is 7. The first-order valence-electron chi connectivity index (χ1n) is 8.06. The summed E-state index contributed by atoms with van der Waals surface area (Å²) >= 11 is 6.12. The number of fused-ring (bicyclic) bond motifs is 1. The molecule has 2 aromatic rings. The van der Waals surface area contributed by atoms with Gasteiger partial charge in [0.15, 0.2) is 0 Å². The maximum Gasteiger partial charge on any atom is 0.331 e. The Bertz CT molecular complexity index is 899. The highest BCUT2D eigenvalue weighted by atomic mass is 35.5. The molecule has 0 bridgehead atoms. The fraction of sp³-hybridized carbons (Fsp3) is 0.294. The molecule has 3 rings (SSSR count). The van der Waals surface area contributed by atoms with Crippen molar-refractivity contribution in [3.8, 4) is 0 Å². The van der Waals surface area contributed by atoms with Crippen LogP contribution < -0.4 is 13.9 Å². The van der Waals surface area contributed by atoms with Gasteiger partial charge in [-0.3, -0.25) is 0 Å². The van der Waals surface area contributed by atoms with Gasteiger partial charge in [-0.25, -0.2) is 13.0 Å². The number of anilines is 3. The van der Waals surface area contributed by atoms with Crippen LogP contribution in [0.3, 0.4) is 0 Å². The number of para-hydroxylation sites is 2. The van der Waals surface area contributed by atoms with Gasteiger partial charge < -0.3 is 10.1 Å². The van der Waals surface area contributed by atoms with E-state index in [-0.39, 0.29) is 36.3 Å². The average Bonchev–Trinajstić information content (AvgIpc) is 2.82. The standard InChI is InChI=1S/C17H19ClFN3O3S.ClH/c1-20-8-10-25-11-9-21-16-4-2-3-5-17(16)22(26(21,23)24)15-7-6-13(19)12-14(15)18;/h2-7,12,20H,8-11H2,1H3;1H. The molecule has 0 atom stereocenters. The second kappa shape index (κ2) is 9.07. The van der Waals surface area contributed by atoms with E-state index in [1.54, 1.807) is 24.3 Å². The van der Waals surface area contributed by atoms with Gasteiger partial charge in [-0.1, -0.05) is 23.7 Å². The van der Waals surface area contributed by atoms with E-state index in [1.165, 1.54) is 16.4 Å². The molecule has 1 aliphatic rings. The third-order valence-electron chi connectivity index (χ3n) is 3.94. The van der Waals surface area contributed by atoms with E-state index in [0.717, 1.165) is 10.4 Å². The van der Waals surface area contributed by atoms with Crippen molar-refractivity contribution in [2.45, 2.75) is 0 Å². The van der Waals surface area contributed by atoms with Gasteiger partial charge >= 0.3 is 10.2 Å². The fourth-order valence-corrected chi connectivity index (χ4v) is 4.77. The number of halogens is 3. The normalized spacial score (nSPS) is 14.8. The van der Waals surface area contributed by atoms with Gasteiger partial charge in [-0.2, -0.15) is 8.42 Å². The molecule has 6 nitrogen and oxygen atoms in total. The van der Waals surface area contributed by atoms with Gasteiger partial charge in [-0.15, -0.1) is 12.4 Å². The van der Waals surface area contributed by atoms with Gasteiger partial charge in [-0.05, 0) is 37.4 Å². The van der Waals surface area contributed by atoms with Crippen molar-refractivity contribution in [1.82, 2.24) is 5.32 Å². The highest BCUT2D eigenvalue weighted by Crippen LogP contribution is 2.46. The van der Waals surface area contributed by atoms with Gasteiger partial charge in [0.2, 0.25) is 0 Å². The SMILES string of the molecule is CNCCOCCN1c2ccccc2N(c2ccc(F)cc2Cl)S1(=O)=O.Cl. The summed E-state index contributed by atoms with van der Waals surface area (Å²) < 4.78 is 47.5. The smallest absolute Gasteiger partial charge is 0.331 e. The van der Waals surface area contributed by atoms with Crippen LogP contribution in [-0.4, -0.2) is 41.8 Å². The Morgan fingerprint density at radius 1 is 1.11 bits per heavy atom. The molecule has 0 radical (unpaired) electrons. The van der Waals surface area contributed by atoms with E-state index >= 15 is 0 Å². The molecule has 0 amide bonds. The topological polar surface area (TPSA) is 61.9 Å². The van der Waals surface area contributed by atoms with Gasteiger partial charge in [0.05, 0.1) is 41.8 Å². The van der Waals surface area contributed by atoms with Crippen molar-refractivity contribution in [2.24, 2.45) is 0 Å². The molecule has 0 aliphatic carbocycles. The molecule has 0 saturated heterocycles. The molecule has 0 spiro atoms. The zero-order valence-electron chi connectivity index (χ0n) is 14.6. The van der Waals surface area contributed by atoms with Crippen LogP contribution in [0.2, 0.25) is 5.02 Å². The van der Waals surface area contributed by atoms with Crippen LogP contribution in [-0.2, 0) is 14.9 Å².